The van der Waals surface area contributed by atoms with Crippen LogP contribution in [-0.4, -0.2) is 40.8 Å². The number of benzene rings is 2. The Balaban J connectivity index is 1.30. The average molecular weight is 597 g/mol. The minimum absolute atomic E-state index is 0.218. The van der Waals surface area contributed by atoms with Crippen molar-refractivity contribution in [3.63, 3.8) is 0 Å². The second-order valence-electron chi connectivity index (χ2n) is 11.3. The van der Waals surface area contributed by atoms with Crippen LogP contribution in [0.25, 0.3) is 0 Å². The number of anilines is 1. The van der Waals surface area contributed by atoms with Crippen molar-refractivity contribution in [3.05, 3.63) is 64.4 Å². The van der Waals surface area contributed by atoms with Gasteiger partial charge in [0.15, 0.2) is 5.60 Å². The average Bonchev–Trinajstić information content (AvgIpc) is 2.86. The molecular weight excluding hydrogens is 568 g/mol. The van der Waals surface area contributed by atoms with Crippen LogP contribution >= 0.6 is 15.9 Å². The Kier molecular flexibility index (Phi) is 6.87. The van der Waals surface area contributed by atoms with Gasteiger partial charge in [-0.1, -0.05) is 22.0 Å². The Labute approximate surface area is 226 Å². The third kappa shape index (κ3) is 5.09. The molecule has 4 saturated carbocycles. The summed E-state index contributed by atoms with van der Waals surface area (Å²) in [6, 6.07) is 12.6. The molecule has 0 heterocycles. The molecule has 4 fully saturated rings. The van der Waals surface area contributed by atoms with Crippen molar-refractivity contribution in [2.75, 3.05) is 11.4 Å². The van der Waals surface area contributed by atoms with Gasteiger partial charge in [0.2, 0.25) is 5.91 Å². The highest BCUT2D eigenvalue weighted by Crippen LogP contribution is 2.54. The van der Waals surface area contributed by atoms with Gasteiger partial charge in [0.1, 0.15) is 5.82 Å². The maximum Gasteiger partial charge on any atom is 0.417 e. The summed E-state index contributed by atoms with van der Waals surface area (Å²) in [7, 11) is 0. The number of aliphatic hydroxyl groups is 1. The lowest BCUT2D eigenvalue weighted by molar-refractivity contribution is -0.295. The zero-order chi connectivity index (χ0) is 27.3. The minimum Gasteiger partial charge on any atom is -0.380 e. The Morgan fingerprint density at radius 2 is 1.61 bits per heavy atom. The lowest BCUT2D eigenvalue weighted by atomic mass is 9.57. The normalized spacial score (nSPS) is 30.4. The van der Waals surface area contributed by atoms with E-state index in [9.17, 15) is 32.3 Å². The number of amides is 2. The van der Waals surface area contributed by atoms with Crippen molar-refractivity contribution in [3.8, 4) is 0 Å². The van der Waals surface area contributed by atoms with Crippen LogP contribution in [0.15, 0.2) is 53.0 Å². The molecule has 38 heavy (non-hydrogen) atoms. The van der Waals surface area contributed by atoms with Gasteiger partial charge in [-0.25, -0.2) is 4.39 Å². The summed E-state index contributed by atoms with van der Waals surface area (Å²) in [6.07, 6.45) is -1.61. The molecule has 0 aromatic heterocycles. The van der Waals surface area contributed by atoms with Gasteiger partial charge in [-0.15, -0.1) is 0 Å². The summed E-state index contributed by atoms with van der Waals surface area (Å²) in [5.74, 6) is -1.96. The highest BCUT2D eigenvalue weighted by Gasteiger charge is 2.63. The molecule has 5 nitrogen and oxygen atoms in total. The smallest absolute Gasteiger partial charge is 0.380 e. The minimum atomic E-state index is -4.77. The van der Waals surface area contributed by atoms with Crippen LogP contribution in [0, 0.1) is 17.2 Å². The van der Waals surface area contributed by atoms with Gasteiger partial charge < -0.3 is 15.3 Å². The summed E-state index contributed by atoms with van der Waals surface area (Å²) in [5.41, 5.74) is -2.39. The fourth-order valence-electron chi connectivity index (χ4n) is 6.26. The molecule has 0 aliphatic heterocycles. The predicted molar refractivity (Wildman–Crippen MR) is 137 cm³/mol. The molecule has 2 aromatic rings. The summed E-state index contributed by atoms with van der Waals surface area (Å²) in [4.78, 5) is 27.9. The van der Waals surface area contributed by atoms with Crippen molar-refractivity contribution < 1.29 is 32.3 Å². The van der Waals surface area contributed by atoms with Crippen molar-refractivity contribution in [2.45, 2.75) is 68.7 Å². The van der Waals surface area contributed by atoms with E-state index in [0.717, 1.165) is 43.0 Å². The molecule has 0 saturated heterocycles. The monoisotopic (exact) mass is 596 g/mol. The molecule has 10 heteroatoms. The number of carbonyl (C=O) groups is 2. The van der Waals surface area contributed by atoms with Crippen molar-refractivity contribution in [1.82, 2.24) is 5.32 Å². The van der Waals surface area contributed by atoms with E-state index in [1.807, 2.05) is 6.07 Å². The first-order valence-electron chi connectivity index (χ1n) is 12.8. The topological polar surface area (TPSA) is 69.6 Å². The first-order valence-corrected chi connectivity index (χ1v) is 13.6. The highest BCUT2D eigenvalue weighted by molar-refractivity contribution is 9.10. The fourth-order valence-corrected chi connectivity index (χ4v) is 6.65. The molecule has 6 rings (SSSR count). The molecule has 2 N–H and O–H groups in total. The highest BCUT2D eigenvalue weighted by atomic mass is 79.9. The van der Waals surface area contributed by atoms with Crippen molar-refractivity contribution >= 4 is 33.4 Å². The molecule has 0 spiro atoms. The number of carbonyl (C=O) groups excluding carboxylic acids is 2. The molecule has 2 bridgehead atoms. The maximum absolute atomic E-state index is 13.5. The van der Waals surface area contributed by atoms with Crippen LogP contribution < -0.4 is 10.2 Å². The number of hydrogen-bond acceptors (Lipinski definition) is 3. The van der Waals surface area contributed by atoms with E-state index < -0.39 is 42.3 Å². The standard InChI is InChI=1S/C28H29BrF4N2O3/c29-20-2-1-3-22(14-20)35(24(37)19-15-27(38,16-19)28(31,32)33)17-25-8-11-26(12-9-25,13-10-25)34-23(36)18-4-6-21(30)7-5-18/h1-7,14,19,38H,8-13,15-17H2,(H,34,36)/t19-,25?,26?,27+. The molecule has 2 amide bonds. The van der Waals surface area contributed by atoms with Crippen LogP contribution in [0.5, 0.6) is 0 Å². The van der Waals surface area contributed by atoms with Crippen molar-refractivity contribution in [1.29, 1.82) is 0 Å². The van der Waals surface area contributed by atoms with Gasteiger partial charge in [0.05, 0.1) is 0 Å². The van der Waals surface area contributed by atoms with Crippen LogP contribution in [0.1, 0.15) is 61.7 Å². The molecule has 4 aliphatic rings. The Bertz CT molecular complexity index is 1200. The van der Waals surface area contributed by atoms with E-state index in [0.29, 0.717) is 17.8 Å². The third-order valence-electron chi connectivity index (χ3n) is 8.81. The predicted octanol–water partition coefficient (Wildman–Crippen LogP) is 6.15. The lowest BCUT2D eigenvalue weighted by Crippen LogP contribution is -2.61. The summed E-state index contributed by atoms with van der Waals surface area (Å²) in [6.45, 7) is 0.366. The van der Waals surface area contributed by atoms with E-state index in [1.54, 1.807) is 23.1 Å². The maximum atomic E-state index is 13.5. The van der Waals surface area contributed by atoms with Crippen molar-refractivity contribution in [2.24, 2.45) is 11.3 Å². The van der Waals surface area contributed by atoms with Gasteiger partial charge >= 0.3 is 6.18 Å². The first kappa shape index (κ1) is 27.1. The molecule has 2 aromatic carbocycles. The van der Waals surface area contributed by atoms with E-state index in [2.05, 4.69) is 21.2 Å². The quantitative estimate of drug-likeness (QED) is 0.393. The zero-order valence-corrected chi connectivity index (χ0v) is 22.2. The van der Waals surface area contributed by atoms with Crippen LogP contribution in [0.2, 0.25) is 0 Å². The Hall–Kier alpha value is -2.46. The molecule has 4 aliphatic carbocycles. The lowest BCUT2D eigenvalue weighted by Gasteiger charge is -2.55. The largest absolute Gasteiger partial charge is 0.417 e. The molecular formula is C28H29BrF4N2O3. The number of alkyl halides is 3. The van der Waals surface area contributed by atoms with E-state index >= 15 is 0 Å². The zero-order valence-electron chi connectivity index (χ0n) is 20.7. The van der Waals surface area contributed by atoms with Gasteiger partial charge in [0, 0.05) is 33.7 Å². The SMILES string of the molecule is O=C(NC12CCC(CN(c3cccc(Br)c3)C(=O)[C@H]3C[C@](O)(C(F)(F)F)C3)(CC1)CC2)c1ccc(F)cc1. The van der Waals surface area contributed by atoms with Crippen LogP contribution in [-0.2, 0) is 4.79 Å². The van der Waals surface area contributed by atoms with Gasteiger partial charge in [0.25, 0.3) is 5.91 Å². The van der Waals surface area contributed by atoms with Crippen LogP contribution in [0.4, 0.5) is 23.2 Å². The Morgan fingerprint density at radius 1 is 1.00 bits per heavy atom. The van der Waals surface area contributed by atoms with Gasteiger partial charge in [-0.2, -0.15) is 13.2 Å². The third-order valence-corrected chi connectivity index (χ3v) is 9.30. The summed E-state index contributed by atoms with van der Waals surface area (Å²) >= 11 is 3.42. The number of halogens is 5. The second kappa shape index (κ2) is 9.62. The molecule has 0 unspecified atom stereocenters. The number of nitrogens with one attached hydrogen (secondary N) is 1. The summed E-state index contributed by atoms with van der Waals surface area (Å²) in [5, 5.41) is 13.1. The number of nitrogens with zero attached hydrogens (tertiary/aromatic N) is 1. The fraction of sp³-hybridized carbons (Fsp3) is 0.500. The molecule has 204 valence electrons. The second-order valence-corrected chi connectivity index (χ2v) is 12.2. The number of rotatable bonds is 6. The number of hydrogen-bond donors (Lipinski definition) is 2. The van der Waals surface area contributed by atoms with E-state index in [1.165, 1.54) is 24.3 Å². The Morgan fingerprint density at radius 3 is 2.16 bits per heavy atom. The molecule has 0 radical (unpaired) electrons. The molecule has 0 atom stereocenters. The van der Waals surface area contributed by atoms with Crippen LogP contribution in [0.3, 0.4) is 0 Å². The van der Waals surface area contributed by atoms with E-state index in [-0.39, 0.29) is 16.9 Å². The van der Waals surface area contributed by atoms with Gasteiger partial charge in [-0.05, 0) is 99.2 Å². The first-order chi connectivity index (χ1) is 17.8. The number of fused-ring (bicyclic) bond motifs is 3. The van der Waals surface area contributed by atoms with E-state index in [4.69, 9.17) is 0 Å². The van der Waals surface area contributed by atoms with Gasteiger partial charge in [-0.3, -0.25) is 9.59 Å². The summed E-state index contributed by atoms with van der Waals surface area (Å²) < 4.78 is 53.6.